The van der Waals surface area contributed by atoms with Crippen LogP contribution in [0.1, 0.15) is 12.8 Å². The van der Waals surface area contributed by atoms with Crippen molar-refractivity contribution in [2.24, 2.45) is 5.92 Å². The quantitative estimate of drug-likeness (QED) is 0.769. The largest absolute Gasteiger partial charge is 0.369 e. The number of rotatable bonds is 3. The summed E-state index contributed by atoms with van der Waals surface area (Å²) in [5.41, 5.74) is 7.10. The Morgan fingerprint density at radius 3 is 3.07 bits per heavy atom. The molecule has 1 aliphatic carbocycles. The lowest BCUT2D eigenvalue weighted by Gasteiger charge is -1.94. The van der Waals surface area contributed by atoms with Gasteiger partial charge < -0.3 is 10.7 Å². The Morgan fingerprint density at radius 2 is 2.40 bits per heavy atom. The first-order valence-corrected chi connectivity index (χ1v) is 5.02. The Morgan fingerprint density at radius 1 is 1.53 bits per heavy atom. The summed E-state index contributed by atoms with van der Waals surface area (Å²) in [6.45, 7) is 0.969. The zero-order valence-electron chi connectivity index (χ0n) is 8.22. The van der Waals surface area contributed by atoms with Crippen molar-refractivity contribution in [3.8, 4) is 11.4 Å². The molecular weight excluding hydrogens is 192 g/mol. The second-order valence-corrected chi connectivity index (χ2v) is 3.95. The van der Waals surface area contributed by atoms with E-state index in [1.807, 2.05) is 10.9 Å². The van der Waals surface area contributed by atoms with E-state index in [-0.39, 0.29) is 0 Å². The third kappa shape index (κ3) is 1.70. The van der Waals surface area contributed by atoms with Gasteiger partial charge in [0, 0.05) is 6.54 Å². The van der Waals surface area contributed by atoms with Gasteiger partial charge in [-0.05, 0) is 18.8 Å². The van der Waals surface area contributed by atoms with Gasteiger partial charge in [0.1, 0.15) is 5.69 Å². The van der Waals surface area contributed by atoms with Crippen molar-refractivity contribution in [1.29, 1.82) is 0 Å². The molecule has 0 radical (unpaired) electrons. The average Bonchev–Trinajstić information content (AvgIpc) is 2.74. The summed E-state index contributed by atoms with van der Waals surface area (Å²) in [6, 6.07) is 0. The van der Waals surface area contributed by atoms with Crippen molar-refractivity contribution in [2.45, 2.75) is 19.4 Å². The maximum absolute atomic E-state index is 5.49. The molecule has 0 unspecified atom stereocenters. The summed E-state index contributed by atoms with van der Waals surface area (Å²) in [6.07, 6.45) is 6.21. The highest BCUT2D eigenvalue weighted by molar-refractivity contribution is 5.53. The number of aromatic nitrogens is 5. The Kier molecular flexibility index (Phi) is 1.74. The van der Waals surface area contributed by atoms with Gasteiger partial charge in [0.15, 0.2) is 5.95 Å². The predicted octanol–water partition coefficient (Wildman–Crippen LogP) is 0.660. The summed E-state index contributed by atoms with van der Waals surface area (Å²) < 4.78 is 1.88. The number of H-pyrrole nitrogens is 1. The lowest BCUT2D eigenvalue weighted by Crippen LogP contribution is -1.99. The number of nitrogens with two attached hydrogens (primary N) is 1. The van der Waals surface area contributed by atoms with Gasteiger partial charge in [0.05, 0.1) is 18.1 Å². The van der Waals surface area contributed by atoms with Gasteiger partial charge in [-0.25, -0.2) is 4.98 Å². The third-order valence-corrected chi connectivity index (χ3v) is 2.55. The standard InChI is InChI=1S/C9H12N6/c10-9-11-3-7(12-9)8-5-15(14-13-8)4-6-1-2-6/h3,5-6H,1-2,4H2,(H3,10,11,12). The van der Waals surface area contributed by atoms with Gasteiger partial charge in [0.2, 0.25) is 0 Å². The molecule has 6 heteroatoms. The molecule has 15 heavy (non-hydrogen) atoms. The van der Waals surface area contributed by atoms with Crippen LogP contribution in [0.15, 0.2) is 12.4 Å². The fourth-order valence-corrected chi connectivity index (χ4v) is 1.54. The van der Waals surface area contributed by atoms with E-state index in [9.17, 15) is 0 Å². The van der Waals surface area contributed by atoms with Gasteiger partial charge in [0.25, 0.3) is 0 Å². The minimum Gasteiger partial charge on any atom is -0.369 e. The summed E-state index contributed by atoms with van der Waals surface area (Å²) in [5.74, 6) is 1.20. The van der Waals surface area contributed by atoms with E-state index >= 15 is 0 Å². The second kappa shape index (κ2) is 3.08. The highest BCUT2D eigenvalue weighted by Gasteiger charge is 2.22. The topological polar surface area (TPSA) is 85.4 Å². The van der Waals surface area contributed by atoms with Crippen molar-refractivity contribution in [2.75, 3.05) is 5.73 Å². The predicted molar refractivity (Wildman–Crippen MR) is 54.7 cm³/mol. The molecule has 2 aromatic rings. The van der Waals surface area contributed by atoms with E-state index in [1.165, 1.54) is 12.8 Å². The minimum absolute atomic E-state index is 0.404. The Bertz CT molecular complexity index is 466. The van der Waals surface area contributed by atoms with Crippen LogP contribution in [-0.4, -0.2) is 25.0 Å². The fourth-order valence-electron chi connectivity index (χ4n) is 1.54. The maximum Gasteiger partial charge on any atom is 0.197 e. The molecule has 0 aliphatic heterocycles. The van der Waals surface area contributed by atoms with Crippen LogP contribution in [0.25, 0.3) is 11.4 Å². The van der Waals surface area contributed by atoms with Crippen LogP contribution in [0.5, 0.6) is 0 Å². The maximum atomic E-state index is 5.49. The van der Waals surface area contributed by atoms with E-state index in [1.54, 1.807) is 6.20 Å². The molecule has 6 nitrogen and oxygen atoms in total. The minimum atomic E-state index is 0.404. The highest BCUT2D eigenvalue weighted by Crippen LogP contribution is 2.30. The monoisotopic (exact) mass is 204 g/mol. The number of hydrogen-bond donors (Lipinski definition) is 2. The van der Waals surface area contributed by atoms with E-state index in [2.05, 4.69) is 20.3 Å². The van der Waals surface area contributed by atoms with E-state index in [0.717, 1.165) is 23.9 Å². The van der Waals surface area contributed by atoms with Crippen molar-refractivity contribution in [3.05, 3.63) is 12.4 Å². The summed E-state index contributed by atoms with van der Waals surface area (Å²) in [4.78, 5) is 6.85. The summed E-state index contributed by atoms with van der Waals surface area (Å²) in [7, 11) is 0. The number of nitrogens with one attached hydrogen (secondary N) is 1. The highest BCUT2D eigenvalue weighted by atomic mass is 15.4. The van der Waals surface area contributed by atoms with Crippen LogP contribution in [0, 0.1) is 5.92 Å². The number of imidazole rings is 1. The Balaban J connectivity index is 1.82. The van der Waals surface area contributed by atoms with Gasteiger partial charge in [-0.2, -0.15) is 0 Å². The van der Waals surface area contributed by atoms with Crippen molar-refractivity contribution in [3.63, 3.8) is 0 Å². The van der Waals surface area contributed by atoms with Crippen LogP contribution >= 0.6 is 0 Å². The van der Waals surface area contributed by atoms with Crippen LogP contribution in [0.2, 0.25) is 0 Å². The SMILES string of the molecule is Nc1ncc(-c2cn(CC3CC3)nn2)[nH]1. The van der Waals surface area contributed by atoms with Crippen LogP contribution in [-0.2, 0) is 6.54 Å². The number of aromatic amines is 1. The van der Waals surface area contributed by atoms with Crippen molar-refractivity contribution >= 4 is 5.95 Å². The number of nitrogens with zero attached hydrogens (tertiary/aromatic N) is 4. The van der Waals surface area contributed by atoms with Crippen LogP contribution in [0.4, 0.5) is 5.95 Å². The first-order chi connectivity index (χ1) is 7.31. The van der Waals surface area contributed by atoms with Gasteiger partial charge in [-0.15, -0.1) is 5.10 Å². The Hall–Kier alpha value is -1.85. The molecule has 0 amide bonds. The molecule has 1 fully saturated rings. The molecule has 78 valence electrons. The molecule has 0 aromatic carbocycles. The average molecular weight is 204 g/mol. The molecular formula is C9H12N6. The lowest BCUT2D eigenvalue weighted by molar-refractivity contribution is 0.544. The van der Waals surface area contributed by atoms with E-state index in [0.29, 0.717) is 5.95 Å². The lowest BCUT2D eigenvalue weighted by atomic mass is 10.3. The van der Waals surface area contributed by atoms with Crippen LogP contribution in [0.3, 0.4) is 0 Å². The smallest absolute Gasteiger partial charge is 0.197 e. The van der Waals surface area contributed by atoms with Crippen molar-refractivity contribution < 1.29 is 0 Å². The fraction of sp³-hybridized carbons (Fsp3) is 0.444. The first kappa shape index (κ1) is 8.46. The molecule has 2 aromatic heterocycles. The Labute approximate surface area is 86.5 Å². The molecule has 0 bridgehead atoms. The molecule has 3 N–H and O–H groups in total. The normalized spacial score (nSPS) is 15.7. The first-order valence-electron chi connectivity index (χ1n) is 5.02. The molecule has 3 rings (SSSR count). The molecule has 0 spiro atoms. The van der Waals surface area contributed by atoms with Gasteiger partial charge in [-0.1, -0.05) is 5.21 Å². The second-order valence-electron chi connectivity index (χ2n) is 3.95. The number of nitrogen functional groups attached to an aromatic ring is 1. The zero-order valence-corrected chi connectivity index (χ0v) is 8.22. The molecule has 2 heterocycles. The molecule has 1 aliphatic rings. The number of anilines is 1. The zero-order chi connectivity index (χ0) is 10.3. The molecule has 0 atom stereocenters. The number of hydrogen-bond acceptors (Lipinski definition) is 4. The van der Waals surface area contributed by atoms with E-state index in [4.69, 9.17) is 5.73 Å². The van der Waals surface area contributed by atoms with E-state index < -0.39 is 0 Å². The summed E-state index contributed by atoms with van der Waals surface area (Å²) >= 11 is 0. The summed E-state index contributed by atoms with van der Waals surface area (Å²) in [5, 5.41) is 8.13. The van der Waals surface area contributed by atoms with Crippen molar-refractivity contribution in [1.82, 2.24) is 25.0 Å². The third-order valence-electron chi connectivity index (χ3n) is 2.55. The van der Waals surface area contributed by atoms with Gasteiger partial charge >= 0.3 is 0 Å². The molecule has 1 saturated carbocycles. The van der Waals surface area contributed by atoms with Gasteiger partial charge in [-0.3, -0.25) is 4.68 Å². The molecule has 0 saturated heterocycles. The van der Waals surface area contributed by atoms with Crippen LogP contribution < -0.4 is 5.73 Å².